The van der Waals surface area contributed by atoms with E-state index in [-0.39, 0.29) is 0 Å². The smallest absolute Gasteiger partial charge is 0.223 e. The van der Waals surface area contributed by atoms with Crippen LogP contribution in [-0.2, 0) is 6.42 Å². The molecular formula is C17H23N5O. The van der Waals surface area contributed by atoms with Crippen LogP contribution < -0.4 is 20.7 Å². The fraction of sp³-hybridized carbons (Fsp3) is 0.412. The van der Waals surface area contributed by atoms with Crippen LogP contribution in [0.3, 0.4) is 0 Å². The largest absolute Gasteiger partial charge is 0.496 e. The molecule has 0 spiro atoms. The summed E-state index contributed by atoms with van der Waals surface area (Å²) in [6.45, 7) is 0.986. The maximum absolute atomic E-state index is 5.84. The summed E-state index contributed by atoms with van der Waals surface area (Å²) < 4.78 is 5.48. The molecule has 1 atom stereocenters. The number of aromatic nitrogens is 2. The van der Waals surface area contributed by atoms with Crippen LogP contribution >= 0.6 is 0 Å². The first-order valence-corrected chi connectivity index (χ1v) is 7.92. The van der Waals surface area contributed by atoms with Crippen molar-refractivity contribution < 1.29 is 4.74 Å². The number of nitrogens with two attached hydrogens (primary N) is 1. The van der Waals surface area contributed by atoms with Crippen molar-refractivity contribution in [3.05, 3.63) is 35.9 Å². The summed E-state index contributed by atoms with van der Waals surface area (Å²) in [5.74, 6) is 2.88. The van der Waals surface area contributed by atoms with Gasteiger partial charge in [-0.15, -0.1) is 0 Å². The Balaban J connectivity index is 1.84. The molecule has 0 radical (unpaired) electrons. The van der Waals surface area contributed by atoms with Crippen molar-refractivity contribution in [3.63, 3.8) is 0 Å². The number of ether oxygens (including phenoxy) is 1. The summed E-state index contributed by atoms with van der Waals surface area (Å²) in [7, 11) is 3.55. The van der Waals surface area contributed by atoms with E-state index < -0.39 is 0 Å². The van der Waals surface area contributed by atoms with Crippen LogP contribution in [0.25, 0.3) is 0 Å². The first-order chi connectivity index (χ1) is 11.2. The average molecular weight is 313 g/mol. The van der Waals surface area contributed by atoms with Gasteiger partial charge in [0, 0.05) is 25.7 Å². The second-order valence-corrected chi connectivity index (χ2v) is 5.72. The predicted octanol–water partition coefficient (Wildman–Crippen LogP) is 2.32. The predicted molar refractivity (Wildman–Crippen MR) is 93.1 cm³/mol. The molecule has 3 rings (SSSR count). The van der Waals surface area contributed by atoms with Gasteiger partial charge < -0.3 is 20.7 Å². The molecule has 0 bridgehead atoms. The second-order valence-electron chi connectivity index (χ2n) is 5.72. The first kappa shape index (κ1) is 15.4. The first-order valence-electron chi connectivity index (χ1n) is 7.92. The highest BCUT2D eigenvalue weighted by molar-refractivity contribution is 5.54. The lowest BCUT2D eigenvalue weighted by Gasteiger charge is -2.26. The number of nitrogens with zero attached hydrogens (tertiary/aromatic N) is 3. The monoisotopic (exact) mass is 313 g/mol. The number of anilines is 3. The van der Waals surface area contributed by atoms with Gasteiger partial charge >= 0.3 is 0 Å². The SMILES string of the molecule is CNc1cc(N2CCC[C@@H]2Cc2ccccc2OC)nc(N)n1. The lowest BCUT2D eigenvalue weighted by atomic mass is 10.0. The standard InChI is InChI=1S/C17H23N5O/c1-19-15-11-16(21-17(18)20-15)22-9-5-7-13(22)10-12-6-3-4-8-14(12)23-2/h3-4,6,8,11,13H,5,7,9-10H2,1-2H3,(H3,18,19,20,21)/t13-/m1/s1. The molecule has 23 heavy (non-hydrogen) atoms. The van der Waals surface area contributed by atoms with Gasteiger partial charge in [0.25, 0.3) is 0 Å². The van der Waals surface area contributed by atoms with Gasteiger partial charge in [-0.1, -0.05) is 18.2 Å². The van der Waals surface area contributed by atoms with E-state index in [0.717, 1.165) is 43.2 Å². The lowest BCUT2D eigenvalue weighted by Crippen LogP contribution is -2.32. The second kappa shape index (κ2) is 6.73. The van der Waals surface area contributed by atoms with Gasteiger partial charge in [-0.2, -0.15) is 9.97 Å². The fourth-order valence-corrected chi connectivity index (χ4v) is 3.20. The summed E-state index contributed by atoms with van der Waals surface area (Å²) in [5.41, 5.74) is 7.06. The molecule has 0 aliphatic carbocycles. The Kier molecular flexibility index (Phi) is 4.50. The zero-order chi connectivity index (χ0) is 16.2. The minimum atomic E-state index is 0.301. The van der Waals surface area contributed by atoms with Crippen LogP contribution in [0.4, 0.5) is 17.6 Å². The Bertz CT molecular complexity index is 676. The molecule has 1 aromatic carbocycles. The molecule has 6 nitrogen and oxygen atoms in total. The minimum absolute atomic E-state index is 0.301. The third kappa shape index (κ3) is 3.31. The van der Waals surface area contributed by atoms with Crippen LogP contribution in [0.1, 0.15) is 18.4 Å². The topological polar surface area (TPSA) is 76.3 Å². The van der Waals surface area contributed by atoms with Crippen molar-refractivity contribution >= 4 is 17.6 Å². The molecule has 1 saturated heterocycles. The Hall–Kier alpha value is -2.50. The van der Waals surface area contributed by atoms with Gasteiger partial charge in [-0.25, -0.2) is 0 Å². The number of para-hydroxylation sites is 1. The number of hydrogen-bond acceptors (Lipinski definition) is 6. The van der Waals surface area contributed by atoms with Crippen molar-refractivity contribution in [2.24, 2.45) is 0 Å². The van der Waals surface area contributed by atoms with Crippen molar-refractivity contribution in [1.82, 2.24) is 9.97 Å². The highest BCUT2D eigenvalue weighted by Crippen LogP contribution is 2.30. The highest BCUT2D eigenvalue weighted by atomic mass is 16.5. The van der Waals surface area contributed by atoms with Gasteiger partial charge in [0.15, 0.2) is 0 Å². The normalized spacial score (nSPS) is 17.3. The van der Waals surface area contributed by atoms with Gasteiger partial charge in [0.05, 0.1) is 7.11 Å². The van der Waals surface area contributed by atoms with Crippen LogP contribution in [0.15, 0.2) is 30.3 Å². The molecule has 2 heterocycles. The van der Waals surface area contributed by atoms with E-state index in [4.69, 9.17) is 10.5 Å². The molecule has 3 N–H and O–H groups in total. The van der Waals surface area contributed by atoms with E-state index >= 15 is 0 Å². The fourth-order valence-electron chi connectivity index (χ4n) is 3.20. The van der Waals surface area contributed by atoms with E-state index in [0.29, 0.717) is 12.0 Å². The quantitative estimate of drug-likeness (QED) is 0.882. The molecule has 122 valence electrons. The molecule has 6 heteroatoms. The molecule has 1 aromatic heterocycles. The van der Waals surface area contributed by atoms with E-state index in [1.54, 1.807) is 7.11 Å². The molecular weight excluding hydrogens is 290 g/mol. The maximum atomic E-state index is 5.84. The Morgan fingerprint density at radius 2 is 2.17 bits per heavy atom. The van der Waals surface area contributed by atoms with Crippen LogP contribution in [0, 0.1) is 0 Å². The van der Waals surface area contributed by atoms with E-state index in [9.17, 15) is 0 Å². The molecule has 2 aromatic rings. The average Bonchev–Trinajstić information content (AvgIpc) is 3.03. The Morgan fingerprint density at radius 1 is 1.35 bits per heavy atom. The van der Waals surface area contributed by atoms with Crippen molar-refractivity contribution in [2.75, 3.05) is 36.7 Å². The molecule has 0 saturated carbocycles. The zero-order valence-electron chi connectivity index (χ0n) is 13.6. The third-order valence-electron chi connectivity index (χ3n) is 4.31. The van der Waals surface area contributed by atoms with Crippen LogP contribution in [0.2, 0.25) is 0 Å². The molecule has 1 fully saturated rings. The lowest BCUT2D eigenvalue weighted by molar-refractivity contribution is 0.408. The number of nitrogen functional groups attached to an aromatic ring is 1. The highest BCUT2D eigenvalue weighted by Gasteiger charge is 2.27. The number of hydrogen-bond donors (Lipinski definition) is 2. The molecule has 0 unspecified atom stereocenters. The van der Waals surface area contributed by atoms with Gasteiger partial charge in [0.1, 0.15) is 17.4 Å². The van der Waals surface area contributed by atoms with Crippen LogP contribution in [0.5, 0.6) is 5.75 Å². The van der Waals surface area contributed by atoms with E-state index in [1.807, 2.05) is 25.2 Å². The summed E-state index contributed by atoms with van der Waals surface area (Å²) >= 11 is 0. The Morgan fingerprint density at radius 3 is 2.96 bits per heavy atom. The summed E-state index contributed by atoms with van der Waals surface area (Å²) in [4.78, 5) is 10.9. The molecule has 1 aliphatic heterocycles. The van der Waals surface area contributed by atoms with E-state index in [1.165, 1.54) is 5.56 Å². The van der Waals surface area contributed by atoms with E-state index in [2.05, 4.69) is 32.3 Å². The number of benzene rings is 1. The number of rotatable bonds is 5. The van der Waals surface area contributed by atoms with Crippen LogP contribution in [-0.4, -0.2) is 36.7 Å². The van der Waals surface area contributed by atoms with Gasteiger partial charge in [0.2, 0.25) is 5.95 Å². The third-order valence-corrected chi connectivity index (χ3v) is 4.31. The Labute approximate surface area is 136 Å². The maximum Gasteiger partial charge on any atom is 0.223 e. The summed E-state index contributed by atoms with van der Waals surface area (Å²) in [6, 6.07) is 10.5. The molecule has 1 aliphatic rings. The summed E-state index contributed by atoms with van der Waals surface area (Å²) in [5, 5.41) is 3.04. The summed E-state index contributed by atoms with van der Waals surface area (Å²) in [6.07, 6.45) is 3.22. The minimum Gasteiger partial charge on any atom is -0.496 e. The van der Waals surface area contributed by atoms with Gasteiger partial charge in [-0.3, -0.25) is 0 Å². The van der Waals surface area contributed by atoms with Crippen molar-refractivity contribution in [3.8, 4) is 5.75 Å². The van der Waals surface area contributed by atoms with Crippen molar-refractivity contribution in [2.45, 2.75) is 25.3 Å². The molecule has 0 amide bonds. The zero-order valence-corrected chi connectivity index (χ0v) is 13.6. The van der Waals surface area contributed by atoms with Gasteiger partial charge in [-0.05, 0) is 30.9 Å². The number of methoxy groups -OCH3 is 1. The van der Waals surface area contributed by atoms with Crippen molar-refractivity contribution in [1.29, 1.82) is 0 Å². The number of nitrogens with one attached hydrogen (secondary N) is 1.